The smallest absolute Gasteiger partial charge is 0.272 e. The van der Waals surface area contributed by atoms with Crippen molar-refractivity contribution in [2.45, 2.75) is 19.0 Å². The highest BCUT2D eigenvalue weighted by Gasteiger charge is 2.27. The second-order valence-corrected chi connectivity index (χ2v) is 7.91. The zero-order valence-electron chi connectivity index (χ0n) is 17.2. The molecule has 1 amide bonds. The summed E-state index contributed by atoms with van der Waals surface area (Å²) in [6.07, 6.45) is 3.50. The summed E-state index contributed by atoms with van der Waals surface area (Å²) >= 11 is 1.44. The molecule has 1 fully saturated rings. The number of imidazole rings is 1. The second-order valence-electron chi connectivity index (χ2n) is 7.14. The van der Waals surface area contributed by atoms with Crippen LogP contribution in [0.25, 0.3) is 5.69 Å². The first-order valence-corrected chi connectivity index (χ1v) is 10.9. The lowest BCUT2D eigenvalue weighted by molar-refractivity contribution is 0.0737. The number of thioether (sulfide) groups is 1. The Hall–Kier alpha value is -2.94. The van der Waals surface area contributed by atoms with Gasteiger partial charge in [-0.25, -0.2) is 19.3 Å². The van der Waals surface area contributed by atoms with Gasteiger partial charge in [-0.1, -0.05) is 11.8 Å². The SMILES string of the molecule is CSc1ncc(C(=O)N2CCN(c3cc(C)nc(C)n3)CC2)n1-c1ccc(F)cc1. The lowest BCUT2D eigenvalue weighted by Gasteiger charge is -2.35. The van der Waals surface area contributed by atoms with E-state index >= 15 is 0 Å². The van der Waals surface area contributed by atoms with Crippen LogP contribution in [0.5, 0.6) is 0 Å². The molecule has 3 aromatic rings. The Labute approximate surface area is 179 Å². The van der Waals surface area contributed by atoms with Crippen LogP contribution in [0.15, 0.2) is 41.7 Å². The standard InChI is InChI=1S/C21H23FN6OS/c1-14-12-19(25-15(2)24-14)26-8-10-27(11-9-26)20(29)18-13-23-21(30-3)28(18)17-6-4-16(22)5-7-17/h4-7,12-13H,8-11H2,1-3H3. The first-order chi connectivity index (χ1) is 14.5. The monoisotopic (exact) mass is 426 g/mol. The van der Waals surface area contributed by atoms with E-state index in [0.29, 0.717) is 42.7 Å². The maximum absolute atomic E-state index is 13.4. The van der Waals surface area contributed by atoms with E-state index in [4.69, 9.17) is 0 Å². The van der Waals surface area contributed by atoms with Crippen molar-refractivity contribution in [3.63, 3.8) is 0 Å². The maximum Gasteiger partial charge on any atom is 0.272 e. The van der Waals surface area contributed by atoms with Gasteiger partial charge in [0.1, 0.15) is 23.2 Å². The number of benzene rings is 1. The fraction of sp³-hybridized carbons (Fsp3) is 0.333. The van der Waals surface area contributed by atoms with Crippen LogP contribution < -0.4 is 4.90 Å². The fourth-order valence-corrected chi connectivity index (χ4v) is 4.17. The zero-order chi connectivity index (χ0) is 21.3. The lowest BCUT2D eigenvalue weighted by atomic mass is 10.2. The minimum atomic E-state index is -0.316. The molecule has 9 heteroatoms. The van der Waals surface area contributed by atoms with Crippen LogP contribution in [0, 0.1) is 19.7 Å². The minimum absolute atomic E-state index is 0.0816. The Morgan fingerprint density at radius 3 is 2.40 bits per heavy atom. The van der Waals surface area contributed by atoms with Crippen molar-refractivity contribution in [1.82, 2.24) is 24.4 Å². The van der Waals surface area contributed by atoms with Crippen molar-refractivity contribution in [2.75, 3.05) is 37.3 Å². The van der Waals surface area contributed by atoms with Crippen LogP contribution in [0.1, 0.15) is 22.0 Å². The summed E-state index contributed by atoms with van der Waals surface area (Å²) in [6, 6.07) is 8.06. The molecule has 156 valence electrons. The lowest BCUT2D eigenvalue weighted by Crippen LogP contribution is -2.49. The van der Waals surface area contributed by atoms with Crippen LogP contribution in [-0.4, -0.2) is 62.8 Å². The van der Waals surface area contributed by atoms with Crippen LogP contribution >= 0.6 is 11.8 Å². The van der Waals surface area contributed by atoms with E-state index in [9.17, 15) is 9.18 Å². The topological polar surface area (TPSA) is 67.2 Å². The molecule has 1 aliphatic rings. The highest BCUT2D eigenvalue weighted by atomic mass is 32.2. The van der Waals surface area contributed by atoms with Gasteiger partial charge in [0.2, 0.25) is 0 Å². The Bertz CT molecular complexity index is 1040. The Morgan fingerprint density at radius 1 is 1.07 bits per heavy atom. The molecule has 7 nitrogen and oxygen atoms in total. The third-order valence-electron chi connectivity index (χ3n) is 5.06. The molecule has 1 aliphatic heterocycles. The van der Waals surface area contributed by atoms with Gasteiger partial charge in [0.05, 0.1) is 6.20 Å². The number of aryl methyl sites for hydroxylation is 2. The van der Waals surface area contributed by atoms with Gasteiger partial charge in [-0.3, -0.25) is 9.36 Å². The van der Waals surface area contributed by atoms with E-state index in [0.717, 1.165) is 17.3 Å². The highest BCUT2D eigenvalue weighted by molar-refractivity contribution is 7.98. The average Bonchev–Trinajstić information content (AvgIpc) is 3.17. The number of nitrogens with zero attached hydrogens (tertiary/aromatic N) is 6. The van der Waals surface area contributed by atoms with Crippen LogP contribution in [0.3, 0.4) is 0 Å². The van der Waals surface area contributed by atoms with E-state index < -0.39 is 0 Å². The van der Waals surface area contributed by atoms with Crippen molar-refractivity contribution >= 4 is 23.5 Å². The van der Waals surface area contributed by atoms with Crippen molar-refractivity contribution in [1.29, 1.82) is 0 Å². The van der Waals surface area contributed by atoms with Crippen molar-refractivity contribution in [2.24, 2.45) is 0 Å². The molecule has 30 heavy (non-hydrogen) atoms. The van der Waals surface area contributed by atoms with Gasteiger partial charge >= 0.3 is 0 Å². The summed E-state index contributed by atoms with van der Waals surface area (Å²) in [7, 11) is 0. The van der Waals surface area contributed by atoms with E-state index in [-0.39, 0.29) is 11.7 Å². The number of anilines is 1. The summed E-state index contributed by atoms with van der Waals surface area (Å²) in [5.41, 5.74) is 2.13. The van der Waals surface area contributed by atoms with E-state index in [1.165, 1.54) is 23.9 Å². The average molecular weight is 427 g/mol. The molecule has 1 saturated heterocycles. The molecule has 0 N–H and O–H groups in total. The first-order valence-electron chi connectivity index (χ1n) is 9.70. The van der Waals surface area contributed by atoms with Crippen LogP contribution in [0.4, 0.5) is 10.2 Å². The molecular formula is C21H23FN6OS. The van der Waals surface area contributed by atoms with E-state index in [2.05, 4.69) is 19.9 Å². The van der Waals surface area contributed by atoms with Crippen molar-refractivity contribution < 1.29 is 9.18 Å². The van der Waals surface area contributed by atoms with E-state index in [1.807, 2.05) is 31.1 Å². The predicted octanol–water partition coefficient (Wildman–Crippen LogP) is 3.10. The number of amides is 1. The highest BCUT2D eigenvalue weighted by Crippen LogP contribution is 2.24. The van der Waals surface area contributed by atoms with Crippen molar-refractivity contribution in [3.05, 3.63) is 59.6 Å². The molecule has 0 saturated carbocycles. The molecule has 0 atom stereocenters. The van der Waals surface area contributed by atoms with Gasteiger partial charge in [0.25, 0.3) is 5.91 Å². The predicted molar refractivity (Wildman–Crippen MR) is 115 cm³/mol. The molecule has 0 spiro atoms. The Kier molecular flexibility index (Phi) is 5.72. The summed E-state index contributed by atoms with van der Waals surface area (Å²) in [5, 5.41) is 0.690. The molecule has 1 aromatic carbocycles. The number of carbonyl (C=O) groups excluding carboxylic acids is 1. The number of aromatic nitrogens is 4. The molecule has 0 aliphatic carbocycles. The van der Waals surface area contributed by atoms with Gasteiger partial charge in [-0.2, -0.15) is 0 Å². The third-order valence-corrected chi connectivity index (χ3v) is 5.71. The van der Waals surface area contributed by atoms with Crippen LogP contribution in [0.2, 0.25) is 0 Å². The Morgan fingerprint density at radius 2 is 1.77 bits per heavy atom. The van der Waals surface area contributed by atoms with E-state index in [1.54, 1.807) is 22.9 Å². The van der Waals surface area contributed by atoms with Gasteiger partial charge in [0.15, 0.2) is 5.16 Å². The minimum Gasteiger partial charge on any atom is -0.353 e. The number of hydrogen-bond acceptors (Lipinski definition) is 6. The number of halogens is 1. The van der Waals surface area contributed by atoms with Gasteiger partial charge in [-0.15, -0.1) is 0 Å². The molecule has 0 radical (unpaired) electrons. The Balaban J connectivity index is 1.53. The fourth-order valence-electron chi connectivity index (χ4n) is 3.63. The number of rotatable bonds is 4. The third kappa shape index (κ3) is 4.02. The second kappa shape index (κ2) is 8.43. The summed E-state index contributed by atoms with van der Waals surface area (Å²) in [5.74, 6) is 1.25. The van der Waals surface area contributed by atoms with Gasteiger partial charge < -0.3 is 9.80 Å². The molecule has 3 heterocycles. The molecule has 4 rings (SSSR count). The van der Waals surface area contributed by atoms with Crippen LogP contribution in [-0.2, 0) is 0 Å². The number of piperazine rings is 1. The quantitative estimate of drug-likeness (QED) is 0.598. The number of carbonyl (C=O) groups is 1. The van der Waals surface area contributed by atoms with Gasteiger partial charge in [0, 0.05) is 43.6 Å². The number of hydrogen-bond donors (Lipinski definition) is 0. The summed E-state index contributed by atoms with van der Waals surface area (Å²) in [6.45, 7) is 6.41. The molecule has 2 aromatic heterocycles. The summed E-state index contributed by atoms with van der Waals surface area (Å²) < 4.78 is 15.2. The normalized spacial score (nSPS) is 14.3. The van der Waals surface area contributed by atoms with Gasteiger partial charge in [-0.05, 0) is 44.4 Å². The van der Waals surface area contributed by atoms with Crippen molar-refractivity contribution in [3.8, 4) is 5.69 Å². The molecule has 0 unspecified atom stereocenters. The first kappa shape index (κ1) is 20.3. The largest absolute Gasteiger partial charge is 0.353 e. The molecule has 0 bridgehead atoms. The summed E-state index contributed by atoms with van der Waals surface area (Å²) in [4.78, 5) is 30.5. The molecular weight excluding hydrogens is 403 g/mol. The zero-order valence-corrected chi connectivity index (χ0v) is 18.0. The maximum atomic E-state index is 13.4.